The highest BCUT2D eigenvalue weighted by Crippen LogP contribution is 2.20. The van der Waals surface area contributed by atoms with Gasteiger partial charge in [-0.1, -0.05) is 54.6 Å². The van der Waals surface area contributed by atoms with Crippen molar-refractivity contribution in [3.05, 3.63) is 114 Å². The molecule has 1 N–H and O–H groups in total. The molecule has 0 fully saturated rings. The normalized spacial score (nSPS) is 10.9. The second-order valence-corrected chi connectivity index (χ2v) is 7.89. The fourth-order valence-corrected chi connectivity index (χ4v) is 3.75. The molecule has 6 heteroatoms. The van der Waals surface area contributed by atoms with Crippen LogP contribution in [0.25, 0.3) is 10.8 Å². The fraction of sp³-hybridized carbons (Fsp3) is 0.111. The number of hydrogen-bond donors (Lipinski definition) is 1. The minimum Gasteiger partial charge on any atom is -0.486 e. The monoisotopic (exact) mass is 437 g/mol. The quantitative estimate of drug-likeness (QED) is 0.348. The number of anilines is 1. The molecule has 0 aliphatic rings. The molecular formula is C27H23N3O3. The van der Waals surface area contributed by atoms with Crippen LogP contribution in [0.1, 0.15) is 27.4 Å². The Hall–Kier alpha value is -4.32. The minimum atomic E-state index is -0.332. The fourth-order valence-electron chi connectivity index (χ4n) is 3.75. The molecular weight excluding hydrogens is 414 g/mol. The van der Waals surface area contributed by atoms with E-state index in [2.05, 4.69) is 34.7 Å². The van der Waals surface area contributed by atoms with Crippen LogP contribution in [-0.2, 0) is 13.2 Å². The number of aryl methyl sites for hydroxylation is 1. The second kappa shape index (κ2) is 9.04. The number of ether oxygens (including phenoxy) is 1. The molecule has 6 nitrogen and oxygen atoms in total. The van der Waals surface area contributed by atoms with Crippen molar-refractivity contribution in [2.45, 2.75) is 20.1 Å². The summed E-state index contributed by atoms with van der Waals surface area (Å²) in [5, 5.41) is 9.61. The number of aromatic nitrogens is 2. The zero-order chi connectivity index (χ0) is 22.6. The molecule has 0 bridgehead atoms. The predicted molar refractivity (Wildman–Crippen MR) is 127 cm³/mol. The maximum Gasteiger partial charge on any atom is 0.291 e. The number of amides is 1. The van der Waals surface area contributed by atoms with E-state index in [0.717, 1.165) is 11.3 Å². The van der Waals surface area contributed by atoms with Gasteiger partial charge in [-0.25, -0.2) is 0 Å². The van der Waals surface area contributed by atoms with Gasteiger partial charge in [-0.05, 0) is 53.1 Å². The lowest BCUT2D eigenvalue weighted by atomic mass is 10.0. The van der Waals surface area contributed by atoms with E-state index in [1.807, 2.05) is 55.6 Å². The minimum absolute atomic E-state index is 0.222. The van der Waals surface area contributed by atoms with Crippen LogP contribution in [0, 0.1) is 6.92 Å². The summed E-state index contributed by atoms with van der Waals surface area (Å²) < 4.78 is 13.2. The van der Waals surface area contributed by atoms with Crippen LogP contribution in [0.3, 0.4) is 0 Å². The molecule has 33 heavy (non-hydrogen) atoms. The third kappa shape index (κ3) is 4.80. The summed E-state index contributed by atoms with van der Waals surface area (Å²) in [5.74, 6) is 1.23. The Labute approximate surface area is 191 Å². The highest BCUT2D eigenvalue weighted by molar-refractivity contribution is 6.02. The average Bonchev–Trinajstić information content (AvgIpc) is 3.48. The molecule has 3 aromatic carbocycles. The van der Waals surface area contributed by atoms with E-state index < -0.39 is 0 Å². The van der Waals surface area contributed by atoms with Gasteiger partial charge >= 0.3 is 0 Å². The van der Waals surface area contributed by atoms with E-state index in [9.17, 15) is 4.79 Å². The number of nitrogens with one attached hydrogen (secondary N) is 1. The van der Waals surface area contributed by atoms with Crippen molar-refractivity contribution in [3.63, 3.8) is 0 Å². The second-order valence-electron chi connectivity index (χ2n) is 7.89. The summed E-state index contributed by atoms with van der Waals surface area (Å²) in [6.07, 6.45) is 3.44. The summed E-state index contributed by atoms with van der Waals surface area (Å²) in [6, 6.07) is 25.7. The van der Waals surface area contributed by atoms with Gasteiger partial charge in [0.25, 0.3) is 5.91 Å². The van der Waals surface area contributed by atoms with Gasteiger partial charge in [-0.15, -0.1) is 0 Å². The maximum atomic E-state index is 12.6. The molecule has 2 aromatic heterocycles. The highest BCUT2D eigenvalue weighted by Gasteiger charge is 2.13. The SMILES string of the molecule is Cc1cccc(OCc2ccc(C(=O)Nc3cnn(Cc4cccc5ccccc45)c3)o2)c1. The van der Waals surface area contributed by atoms with Crippen LogP contribution in [0.5, 0.6) is 5.75 Å². The van der Waals surface area contributed by atoms with Gasteiger partial charge in [0, 0.05) is 6.20 Å². The first-order valence-corrected chi connectivity index (χ1v) is 10.7. The Morgan fingerprint density at radius 3 is 2.79 bits per heavy atom. The van der Waals surface area contributed by atoms with Crippen LogP contribution in [0.15, 0.2) is 95.7 Å². The van der Waals surface area contributed by atoms with Crippen LogP contribution in [0.2, 0.25) is 0 Å². The van der Waals surface area contributed by atoms with Crippen molar-refractivity contribution < 1.29 is 13.9 Å². The van der Waals surface area contributed by atoms with Gasteiger partial charge in [0.15, 0.2) is 5.76 Å². The van der Waals surface area contributed by atoms with Gasteiger partial charge in [0.1, 0.15) is 18.1 Å². The molecule has 0 aliphatic heterocycles. The van der Waals surface area contributed by atoms with E-state index in [1.54, 1.807) is 23.0 Å². The van der Waals surface area contributed by atoms with E-state index >= 15 is 0 Å². The summed E-state index contributed by atoms with van der Waals surface area (Å²) in [7, 11) is 0. The zero-order valence-electron chi connectivity index (χ0n) is 18.2. The lowest BCUT2D eigenvalue weighted by Crippen LogP contribution is -2.10. The molecule has 2 heterocycles. The van der Waals surface area contributed by atoms with Crippen LogP contribution >= 0.6 is 0 Å². The van der Waals surface area contributed by atoms with Gasteiger partial charge in [0.05, 0.1) is 18.4 Å². The third-order valence-corrected chi connectivity index (χ3v) is 5.36. The average molecular weight is 437 g/mol. The van der Waals surface area contributed by atoms with Crippen molar-refractivity contribution in [2.24, 2.45) is 0 Å². The lowest BCUT2D eigenvalue weighted by Gasteiger charge is -2.06. The van der Waals surface area contributed by atoms with Crippen molar-refractivity contribution >= 4 is 22.4 Å². The summed E-state index contributed by atoms with van der Waals surface area (Å²) in [4.78, 5) is 12.6. The molecule has 164 valence electrons. The number of fused-ring (bicyclic) bond motifs is 1. The number of nitrogens with zero attached hydrogens (tertiary/aromatic N) is 2. The van der Waals surface area contributed by atoms with Crippen LogP contribution in [0.4, 0.5) is 5.69 Å². The van der Waals surface area contributed by atoms with Crippen molar-refractivity contribution in [1.82, 2.24) is 9.78 Å². The van der Waals surface area contributed by atoms with Gasteiger partial charge in [0.2, 0.25) is 0 Å². The third-order valence-electron chi connectivity index (χ3n) is 5.36. The topological polar surface area (TPSA) is 69.3 Å². The molecule has 5 rings (SSSR count). The first-order chi connectivity index (χ1) is 16.1. The number of benzene rings is 3. The number of furan rings is 1. The lowest BCUT2D eigenvalue weighted by molar-refractivity contribution is 0.0992. The summed E-state index contributed by atoms with van der Waals surface area (Å²) in [6.45, 7) is 2.87. The van der Waals surface area contributed by atoms with Gasteiger partial charge in [-0.3, -0.25) is 9.48 Å². The molecule has 0 unspecified atom stereocenters. The van der Waals surface area contributed by atoms with Crippen LogP contribution < -0.4 is 10.1 Å². The van der Waals surface area contributed by atoms with Gasteiger partial charge < -0.3 is 14.5 Å². The van der Waals surface area contributed by atoms with Crippen molar-refractivity contribution in [3.8, 4) is 5.75 Å². The van der Waals surface area contributed by atoms with E-state index in [1.165, 1.54) is 16.3 Å². The standard InChI is InChI=1S/C27H23N3O3/c1-19-6-4-10-23(14-19)32-18-24-12-13-26(33-24)27(31)29-22-15-28-30(17-22)16-21-9-5-8-20-7-2-3-11-25(20)21/h2-15,17H,16,18H2,1H3,(H,29,31). The predicted octanol–water partition coefficient (Wildman–Crippen LogP) is 5.82. The van der Waals surface area contributed by atoms with E-state index in [0.29, 0.717) is 18.0 Å². The molecule has 0 aliphatic carbocycles. The smallest absolute Gasteiger partial charge is 0.291 e. The Balaban J connectivity index is 1.21. The summed E-state index contributed by atoms with van der Waals surface area (Å²) >= 11 is 0. The Kier molecular flexibility index (Phi) is 5.64. The molecule has 0 radical (unpaired) electrons. The molecule has 5 aromatic rings. The molecule has 0 saturated heterocycles. The van der Waals surface area contributed by atoms with Gasteiger partial charge in [-0.2, -0.15) is 5.10 Å². The molecule has 0 atom stereocenters. The zero-order valence-corrected chi connectivity index (χ0v) is 18.2. The number of carbonyl (C=O) groups excluding carboxylic acids is 1. The van der Waals surface area contributed by atoms with Crippen LogP contribution in [-0.4, -0.2) is 15.7 Å². The first kappa shape index (κ1) is 20.6. The van der Waals surface area contributed by atoms with Crippen molar-refractivity contribution in [2.75, 3.05) is 5.32 Å². The molecule has 0 spiro atoms. The Morgan fingerprint density at radius 1 is 1.03 bits per heavy atom. The Bertz CT molecular complexity index is 1410. The van der Waals surface area contributed by atoms with E-state index in [4.69, 9.17) is 9.15 Å². The van der Waals surface area contributed by atoms with E-state index in [-0.39, 0.29) is 18.3 Å². The number of hydrogen-bond acceptors (Lipinski definition) is 4. The van der Waals surface area contributed by atoms with Crippen molar-refractivity contribution in [1.29, 1.82) is 0 Å². The molecule has 1 amide bonds. The first-order valence-electron chi connectivity index (χ1n) is 10.7. The summed E-state index contributed by atoms with van der Waals surface area (Å²) in [5.41, 5.74) is 2.89. The highest BCUT2D eigenvalue weighted by atomic mass is 16.5. The number of rotatable bonds is 7. The number of carbonyl (C=O) groups is 1. The Morgan fingerprint density at radius 2 is 1.88 bits per heavy atom. The largest absolute Gasteiger partial charge is 0.486 e. The molecule has 0 saturated carbocycles. The maximum absolute atomic E-state index is 12.6.